The molecule has 27 rings (SSSR count). The first kappa shape index (κ1) is 91.6. The molecule has 5 aliphatic rings. The Hall–Kier alpha value is -12.8. The zero-order valence-electron chi connectivity index (χ0n) is 74.7. The number of rotatable bonds is 7. The first-order valence-corrected chi connectivity index (χ1v) is 51.2. The van der Waals surface area contributed by atoms with Crippen LogP contribution < -0.4 is 0 Å². The zero-order chi connectivity index (χ0) is 94.3. The lowest BCUT2D eigenvalue weighted by molar-refractivity contribution is -0.137. The average molecular weight is 2200 g/mol. The Labute approximate surface area is 846 Å². The maximum absolute atomic E-state index is 13.2. The number of hydrogen-bond acceptors (Lipinski definition) is 12. The van der Waals surface area contributed by atoms with Gasteiger partial charge in [-0.25, -0.2) is 0 Å². The number of carbonyl (C=O) groups is 5. The molecule has 3 unspecified atom stereocenters. The van der Waals surface area contributed by atoms with Crippen LogP contribution in [0.4, 0.5) is 0 Å². The van der Waals surface area contributed by atoms with Crippen molar-refractivity contribution in [3.63, 3.8) is 0 Å². The van der Waals surface area contributed by atoms with E-state index in [-0.39, 0.29) is 47.3 Å². The third-order valence-electron chi connectivity index (χ3n) is 27.3. The van der Waals surface area contributed by atoms with E-state index in [2.05, 4.69) is 159 Å². The Bertz CT molecular complexity index is 8030. The van der Waals surface area contributed by atoms with E-state index in [9.17, 15) is 24.0 Å². The van der Waals surface area contributed by atoms with Gasteiger partial charge in [-0.3, -0.25) is 24.0 Å². The van der Waals surface area contributed by atoms with Crippen molar-refractivity contribution in [3.05, 3.63) is 421 Å². The van der Waals surface area contributed by atoms with Gasteiger partial charge in [0, 0.05) is 178 Å². The molecule has 1 N–H and O–H groups in total. The summed E-state index contributed by atoms with van der Waals surface area (Å²) in [6.45, 7) is 0. The van der Waals surface area contributed by atoms with Crippen LogP contribution in [0.5, 0.6) is 0 Å². The number of carboxylic acids is 1. The second kappa shape index (κ2) is 40.0. The van der Waals surface area contributed by atoms with Crippen molar-refractivity contribution in [2.24, 2.45) is 0 Å². The molecule has 0 bridgehead atoms. The second-order valence-electron chi connectivity index (χ2n) is 35.4. The summed E-state index contributed by atoms with van der Waals surface area (Å²) in [5.74, 6) is 0.217. The molecule has 5 aliphatic carbocycles. The van der Waals surface area contributed by atoms with Crippen molar-refractivity contribution in [2.45, 2.75) is 114 Å². The number of carbonyl (C=O) groups excluding carboxylic acids is 4. The number of Topliss-reactive ketones (excluding diaryl/α,β-unsaturated/α-hetero) is 4. The highest BCUT2D eigenvalue weighted by Crippen LogP contribution is 2.47. The molecule has 0 aliphatic heterocycles. The maximum atomic E-state index is 13.2. The minimum atomic E-state index is -0.753. The van der Waals surface area contributed by atoms with Crippen molar-refractivity contribution in [1.29, 1.82) is 0 Å². The smallest absolute Gasteiger partial charge is 0.303 e. The Morgan fingerprint density at radius 3 is 0.928 bits per heavy atom. The van der Waals surface area contributed by atoms with Gasteiger partial charge >= 0.3 is 5.97 Å². The monoisotopic (exact) mass is 2190 g/mol. The lowest BCUT2D eigenvalue weighted by Crippen LogP contribution is -2.21. The molecular formula is C120H87Br4IO12S. The molecule has 12 nitrogen and oxygen atoms in total. The fourth-order valence-electron chi connectivity index (χ4n) is 20.7. The van der Waals surface area contributed by atoms with E-state index in [0.717, 1.165) is 271 Å². The van der Waals surface area contributed by atoms with Crippen LogP contribution >= 0.6 is 98.5 Å². The summed E-state index contributed by atoms with van der Waals surface area (Å²) in [6, 6.07) is 107. The number of ketones is 4. The summed E-state index contributed by atoms with van der Waals surface area (Å²) in [6.07, 6.45) is 12.0. The normalized spacial score (nSPS) is 15.4. The van der Waals surface area contributed by atoms with Crippen LogP contribution in [0.1, 0.15) is 173 Å². The van der Waals surface area contributed by atoms with Gasteiger partial charge in [-0.2, -0.15) is 0 Å². The topological polar surface area (TPSA) is 184 Å². The number of para-hydroxylation sites is 7. The van der Waals surface area contributed by atoms with Crippen molar-refractivity contribution in [1.82, 2.24) is 0 Å². The van der Waals surface area contributed by atoms with Gasteiger partial charge in [0.05, 0.1) is 0 Å². The third-order valence-corrected chi connectivity index (χ3v) is 32.3. The Kier molecular flexibility index (Phi) is 26.5. The van der Waals surface area contributed by atoms with Gasteiger partial charge < -0.3 is 31.6 Å². The quantitative estimate of drug-likeness (QED) is 0.118. The Morgan fingerprint density at radius 2 is 0.580 bits per heavy atom. The predicted molar refractivity (Wildman–Crippen MR) is 580 cm³/mol. The lowest BCUT2D eigenvalue weighted by Gasteiger charge is -2.27. The molecule has 0 saturated heterocycles. The van der Waals surface area contributed by atoms with Crippen molar-refractivity contribution in [2.75, 3.05) is 0 Å². The molecule has 0 saturated carbocycles. The summed E-state index contributed by atoms with van der Waals surface area (Å²) in [7, 11) is 0. The summed E-state index contributed by atoms with van der Waals surface area (Å²) in [5, 5.41) is 22.2. The van der Waals surface area contributed by atoms with E-state index in [1.165, 1.54) is 35.5 Å². The fourth-order valence-corrected chi connectivity index (χ4v) is 23.4. The molecule has 3 atom stereocenters. The number of fused-ring (bicyclic) bond motifs is 28. The van der Waals surface area contributed by atoms with Crippen LogP contribution in [-0.4, -0.2) is 39.1 Å². The van der Waals surface area contributed by atoms with E-state index in [1.54, 1.807) is 0 Å². The minimum Gasteiger partial charge on any atom is -0.481 e. The largest absolute Gasteiger partial charge is 0.481 e. The van der Waals surface area contributed by atoms with Crippen LogP contribution in [0.2, 0.25) is 0 Å². The minimum absolute atomic E-state index is 0.0927. The number of halogens is 5. The Morgan fingerprint density at radius 1 is 0.297 bits per heavy atom. The van der Waals surface area contributed by atoms with Crippen molar-refractivity contribution >= 4 is 264 Å². The molecular weight excluding hydrogens is 2110 g/mol. The number of furan rings is 6. The van der Waals surface area contributed by atoms with Gasteiger partial charge in [0.2, 0.25) is 0 Å². The molecule has 6 aromatic heterocycles. The highest BCUT2D eigenvalue weighted by atomic mass is 127. The van der Waals surface area contributed by atoms with Crippen molar-refractivity contribution < 1.29 is 55.6 Å². The molecule has 0 fully saturated rings. The molecule has 680 valence electrons. The van der Waals surface area contributed by atoms with Crippen molar-refractivity contribution in [3.8, 4) is 0 Å². The molecule has 138 heavy (non-hydrogen) atoms. The maximum Gasteiger partial charge on any atom is 0.303 e. The summed E-state index contributed by atoms with van der Waals surface area (Å²) in [4.78, 5) is 61.7. The molecule has 22 aromatic rings. The first-order chi connectivity index (χ1) is 67.5. The average Bonchev–Trinajstić information content (AvgIpc) is 1.52. The number of carboxylic acid groups (broad SMARTS) is 1. The van der Waals surface area contributed by atoms with E-state index >= 15 is 0 Å². The van der Waals surface area contributed by atoms with Crippen LogP contribution in [0.25, 0.3) is 132 Å². The lowest BCUT2D eigenvalue weighted by atomic mass is 9.78. The van der Waals surface area contributed by atoms with Gasteiger partial charge in [-0.15, -0.1) is 0 Å². The highest BCUT2D eigenvalue weighted by Gasteiger charge is 2.36. The van der Waals surface area contributed by atoms with E-state index in [4.69, 9.17) is 43.8 Å². The zero-order valence-corrected chi connectivity index (χ0v) is 84.0. The van der Waals surface area contributed by atoms with Gasteiger partial charge in [-0.05, 0) is 240 Å². The number of aryl methyl sites for hydroxylation is 6. The summed E-state index contributed by atoms with van der Waals surface area (Å²) in [5.41, 5.74) is 25.4. The summed E-state index contributed by atoms with van der Waals surface area (Å²) >= 11 is 22.4. The van der Waals surface area contributed by atoms with E-state index < -0.39 is 5.97 Å². The van der Waals surface area contributed by atoms with Gasteiger partial charge in [0.15, 0.2) is 23.1 Å². The molecule has 0 amide bonds. The van der Waals surface area contributed by atoms with Crippen LogP contribution in [-0.2, 0) is 43.3 Å². The van der Waals surface area contributed by atoms with Crippen LogP contribution in [0.3, 0.4) is 0 Å². The summed E-state index contributed by atoms with van der Waals surface area (Å²) < 4.78 is 41.7. The van der Waals surface area contributed by atoms with Gasteiger partial charge in [0.1, 0.15) is 67.0 Å². The van der Waals surface area contributed by atoms with Crippen LogP contribution in [0.15, 0.2) is 366 Å². The number of hydrogen-bond donors (Lipinski definition) is 1. The molecule has 18 heteroatoms. The molecule has 16 aromatic carbocycles. The standard InChI is InChI=1S/2C22H15BrO2.C22H15BrOS.C16H14O3.2C16H12O2.C6H4BrI/c2*23-19-7-3-1-5-13(19)15-9-12-18-16(21(15)24)10-11-17-14-6-2-4-8-20(14)25-22(17)18;23-19-7-3-1-5-13(19)17-11-10-16-18(22(17)25)12-9-15-14-6-2-4-8-20(14)24-21(15)16;17-15(18)10-4-6-11-5-3-8-13-12-7-1-2-9-14(12)19-16(11)13;2*17-14-6-3-5-12-10(14)8-9-13-11-4-1-2-7-15(11)18-16(12)13;7-5-3-1-2-4-6(5)8/h2*1-8,10-11,15H,9,12H2;1-9,12,17H,10-11H2;1-3,5,7-9H,4,6,10H2,(H,17,18);2*1-2,4,7-9H,3,5-6H2;1-4H. The number of aliphatic carboxylic acids is 1. The highest BCUT2D eigenvalue weighted by molar-refractivity contribution is 14.1. The molecule has 0 spiro atoms. The van der Waals surface area contributed by atoms with Gasteiger partial charge in [0.25, 0.3) is 0 Å². The fraction of sp³-hybridized carbons (Fsp3) is 0.150. The molecule has 0 radical (unpaired) electrons. The number of thiocarbonyl (C=S) groups is 1. The SMILES string of the molecule is Brc1ccccc1I.O=C(O)CCCc1cccc2c1oc1ccccc12.O=C1CCCc2c1ccc1c2oc2ccccc21.O=C1CCCc2c1ccc1c2oc2ccccc21.O=C1c2ccc3c(oc4ccccc43)c2CCC1c1ccccc1Br.O=C1c2ccc3c(oc4ccccc43)c2CCC1c1ccccc1Br.S=C1c2ccc3c(oc4ccccc43)c2CCC1c1ccccc1Br. The van der Waals surface area contributed by atoms with E-state index in [0.29, 0.717) is 19.3 Å². The van der Waals surface area contributed by atoms with Gasteiger partial charge in [-0.1, -0.05) is 284 Å². The predicted octanol–water partition coefficient (Wildman–Crippen LogP) is 34.6. The Balaban J connectivity index is 0.0000000975. The van der Waals surface area contributed by atoms with E-state index in [1.807, 2.05) is 249 Å². The number of benzene rings is 16. The molecule has 6 heterocycles. The first-order valence-electron chi connectivity index (χ1n) is 46.6. The second-order valence-corrected chi connectivity index (χ2v) is 40.4. The third kappa shape index (κ3) is 17.8. The van der Waals surface area contributed by atoms with Crippen LogP contribution in [0, 0.1) is 3.57 Å².